The van der Waals surface area contributed by atoms with Gasteiger partial charge in [0.15, 0.2) is 0 Å². The van der Waals surface area contributed by atoms with Gasteiger partial charge in [0.25, 0.3) is 10.2 Å². The first-order valence-electron chi connectivity index (χ1n) is 6.88. The van der Waals surface area contributed by atoms with Crippen LogP contribution in [-0.2, 0) is 16.8 Å². The predicted molar refractivity (Wildman–Crippen MR) is 88.1 cm³/mol. The van der Waals surface area contributed by atoms with Gasteiger partial charge in [0.05, 0.1) is 13.4 Å². The van der Waals surface area contributed by atoms with Crippen molar-refractivity contribution in [2.75, 3.05) is 7.11 Å². The van der Waals surface area contributed by atoms with Gasteiger partial charge in [0, 0.05) is 23.6 Å². The summed E-state index contributed by atoms with van der Waals surface area (Å²) in [6, 6.07) is 13.2. The van der Waals surface area contributed by atoms with Gasteiger partial charge in [0.2, 0.25) is 0 Å². The van der Waals surface area contributed by atoms with Crippen LogP contribution in [0.25, 0.3) is 22.1 Å². The number of ether oxygens (including phenoxy) is 1. The zero-order valence-electron chi connectivity index (χ0n) is 12.4. The molecule has 3 rings (SSSR count). The fourth-order valence-corrected chi connectivity index (χ4v) is 2.71. The summed E-state index contributed by atoms with van der Waals surface area (Å²) in [6.45, 7) is 0.155. The van der Waals surface area contributed by atoms with E-state index < -0.39 is 10.2 Å². The molecular weight excluding hydrogens is 316 g/mol. The van der Waals surface area contributed by atoms with Gasteiger partial charge in [-0.15, -0.1) is 0 Å². The molecule has 0 aliphatic carbocycles. The van der Waals surface area contributed by atoms with E-state index in [1.54, 1.807) is 13.4 Å². The van der Waals surface area contributed by atoms with Gasteiger partial charge in [-0.05, 0) is 23.3 Å². The zero-order valence-corrected chi connectivity index (χ0v) is 13.3. The van der Waals surface area contributed by atoms with Crippen molar-refractivity contribution >= 4 is 21.2 Å². The highest BCUT2D eigenvalue weighted by atomic mass is 32.2. The molecule has 0 spiro atoms. The minimum atomic E-state index is -3.69. The summed E-state index contributed by atoms with van der Waals surface area (Å²) < 4.78 is 34.8. The average Bonchev–Trinajstić information content (AvgIpc) is 2.95. The number of furan rings is 1. The van der Waals surface area contributed by atoms with Gasteiger partial charge >= 0.3 is 0 Å². The number of hydrogen-bond acceptors (Lipinski definition) is 4. The van der Waals surface area contributed by atoms with Gasteiger partial charge in [-0.3, -0.25) is 0 Å². The number of fused-ring (bicyclic) bond motifs is 1. The molecule has 0 saturated carbocycles. The highest BCUT2D eigenvalue weighted by molar-refractivity contribution is 7.87. The van der Waals surface area contributed by atoms with Gasteiger partial charge in [-0.25, -0.2) is 5.14 Å². The number of nitrogens with two attached hydrogens (primary N) is 1. The summed E-state index contributed by atoms with van der Waals surface area (Å²) >= 11 is 0. The van der Waals surface area contributed by atoms with Crippen molar-refractivity contribution < 1.29 is 17.6 Å². The molecule has 23 heavy (non-hydrogen) atoms. The SMILES string of the molecule is COc1ccc2c(-c3ccc(CNS(N)(=O)=O)cc3)coc2c1. The lowest BCUT2D eigenvalue weighted by atomic mass is 10.0. The van der Waals surface area contributed by atoms with Gasteiger partial charge in [-0.1, -0.05) is 24.3 Å². The summed E-state index contributed by atoms with van der Waals surface area (Å²) in [5.74, 6) is 0.739. The van der Waals surface area contributed by atoms with Crippen molar-refractivity contribution in [1.29, 1.82) is 0 Å². The Morgan fingerprint density at radius 3 is 2.57 bits per heavy atom. The standard InChI is InChI=1S/C16H16N2O4S/c1-21-13-6-7-14-15(10-22-16(14)8-13)12-4-2-11(3-5-12)9-18-23(17,19)20/h2-8,10,18H,9H2,1H3,(H2,17,19,20). The number of nitrogens with one attached hydrogen (secondary N) is 1. The van der Waals surface area contributed by atoms with E-state index in [0.717, 1.165) is 33.4 Å². The molecule has 120 valence electrons. The van der Waals surface area contributed by atoms with E-state index in [2.05, 4.69) is 4.72 Å². The molecule has 0 saturated heterocycles. The summed E-state index contributed by atoms with van der Waals surface area (Å²) in [4.78, 5) is 0. The molecule has 0 fully saturated rings. The van der Waals surface area contributed by atoms with Crippen LogP contribution in [0, 0.1) is 0 Å². The smallest absolute Gasteiger partial charge is 0.274 e. The molecule has 1 heterocycles. The number of hydrogen-bond donors (Lipinski definition) is 2. The van der Waals surface area contributed by atoms with Crippen molar-refractivity contribution in [2.45, 2.75) is 6.54 Å². The maximum Gasteiger partial charge on any atom is 0.274 e. The van der Waals surface area contributed by atoms with E-state index in [0.29, 0.717) is 0 Å². The first-order chi connectivity index (χ1) is 11.0. The van der Waals surface area contributed by atoms with E-state index in [1.165, 1.54) is 0 Å². The predicted octanol–water partition coefficient (Wildman–Crippen LogP) is 2.40. The van der Waals surface area contributed by atoms with Crippen LogP contribution in [0.1, 0.15) is 5.56 Å². The lowest BCUT2D eigenvalue weighted by Crippen LogP contribution is -2.30. The Bertz CT molecular complexity index is 930. The molecule has 0 aliphatic heterocycles. The quantitative estimate of drug-likeness (QED) is 0.750. The van der Waals surface area contributed by atoms with E-state index in [9.17, 15) is 8.42 Å². The van der Waals surface area contributed by atoms with Crippen LogP contribution in [0.3, 0.4) is 0 Å². The second-order valence-electron chi connectivity index (χ2n) is 5.07. The van der Waals surface area contributed by atoms with Gasteiger partial charge in [0.1, 0.15) is 11.3 Å². The van der Waals surface area contributed by atoms with Crippen molar-refractivity contribution in [2.24, 2.45) is 5.14 Å². The Morgan fingerprint density at radius 2 is 1.91 bits per heavy atom. The lowest BCUT2D eigenvalue weighted by molar-refractivity contribution is 0.414. The van der Waals surface area contributed by atoms with Crippen LogP contribution < -0.4 is 14.6 Å². The molecule has 3 aromatic rings. The third-order valence-corrected chi connectivity index (χ3v) is 4.07. The molecular formula is C16H16N2O4S. The third kappa shape index (κ3) is 3.53. The Balaban J connectivity index is 1.87. The normalized spacial score (nSPS) is 11.7. The first kappa shape index (κ1) is 15.5. The number of benzene rings is 2. The van der Waals surface area contributed by atoms with E-state index >= 15 is 0 Å². The molecule has 1 aromatic heterocycles. The van der Waals surface area contributed by atoms with Crippen LogP contribution >= 0.6 is 0 Å². The molecule has 0 atom stereocenters. The average molecular weight is 332 g/mol. The van der Waals surface area contributed by atoms with Crippen molar-refractivity contribution in [3.63, 3.8) is 0 Å². The maximum atomic E-state index is 10.9. The number of rotatable bonds is 5. The Morgan fingerprint density at radius 1 is 1.17 bits per heavy atom. The van der Waals surface area contributed by atoms with Crippen molar-refractivity contribution in [3.8, 4) is 16.9 Å². The molecule has 2 aromatic carbocycles. The first-order valence-corrected chi connectivity index (χ1v) is 8.43. The van der Waals surface area contributed by atoms with Gasteiger partial charge < -0.3 is 9.15 Å². The largest absolute Gasteiger partial charge is 0.497 e. The van der Waals surface area contributed by atoms with Gasteiger partial charge in [-0.2, -0.15) is 13.1 Å². The van der Waals surface area contributed by atoms with Crippen LogP contribution in [0.4, 0.5) is 0 Å². The Labute approximate surface area is 134 Å². The van der Waals surface area contributed by atoms with Crippen molar-refractivity contribution in [1.82, 2.24) is 4.72 Å². The third-order valence-electron chi connectivity index (χ3n) is 3.53. The van der Waals surface area contributed by atoms with E-state index in [-0.39, 0.29) is 6.54 Å². The molecule has 0 bridgehead atoms. The summed E-state index contributed by atoms with van der Waals surface area (Å²) in [5.41, 5.74) is 3.51. The molecule has 3 N–H and O–H groups in total. The van der Waals surface area contributed by atoms with E-state index in [4.69, 9.17) is 14.3 Å². The minimum absolute atomic E-state index is 0.155. The summed E-state index contributed by atoms with van der Waals surface area (Å²) in [6.07, 6.45) is 1.70. The molecule has 0 aliphatic rings. The topological polar surface area (TPSA) is 94.6 Å². The van der Waals surface area contributed by atoms with Crippen LogP contribution in [0.5, 0.6) is 5.75 Å². The Hall–Kier alpha value is -2.35. The van der Waals surface area contributed by atoms with Crippen LogP contribution in [0.2, 0.25) is 0 Å². The summed E-state index contributed by atoms with van der Waals surface area (Å²) in [7, 11) is -2.08. The highest BCUT2D eigenvalue weighted by Crippen LogP contribution is 2.32. The summed E-state index contributed by atoms with van der Waals surface area (Å²) in [5, 5.41) is 5.90. The maximum absolute atomic E-state index is 10.9. The second kappa shape index (κ2) is 6.04. The highest BCUT2D eigenvalue weighted by Gasteiger charge is 2.09. The number of methoxy groups -OCH3 is 1. The molecule has 0 radical (unpaired) electrons. The minimum Gasteiger partial charge on any atom is -0.497 e. The molecule has 6 nitrogen and oxygen atoms in total. The fourth-order valence-electron chi connectivity index (χ4n) is 2.35. The molecule has 7 heteroatoms. The molecule has 0 unspecified atom stereocenters. The Kier molecular flexibility index (Phi) is 4.08. The van der Waals surface area contributed by atoms with Crippen molar-refractivity contribution in [3.05, 3.63) is 54.3 Å². The van der Waals surface area contributed by atoms with E-state index in [1.807, 2.05) is 42.5 Å². The lowest BCUT2D eigenvalue weighted by Gasteiger charge is -2.04. The fraction of sp³-hybridized carbons (Fsp3) is 0.125. The monoisotopic (exact) mass is 332 g/mol. The zero-order chi connectivity index (χ0) is 16.4. The second-order valence-corrected chi connectivity index (χ2v) is 6.45. The van der Waals surface area contributed by atoms with Crippen LogP contribution in [-0.4, -0.2) is 15.5 Å². The molecule has 0 amide bonds. The van der Waals surface area contributed by atoms with Crippen LogP contribution in [0.15, 0.2) is 53.1 Å².